The fourth-order valence-corrected chi connectivity index (χ4v) is 2.18. The molecule has 0 fully saturated rings. The number of carbonyl (C=O) groups is 2. The van der Waals surface area contributed by atoms with E-state index in [-0.39, 0.29) is 17.5 Å². The van der Waals surface area contributed by atoms with Gasteiger partial charge < -0.3 is 15.2 Å². The Morgan fingerprint density at radius 2 is 1.45 bits per heavy atom. The zero-order valence-corrected chi connectivity index (χ0v) is 14.7. The van der Waals surface area contributed by atoms with Crippen LogP contribution >= 0.6 is 0 Å². The van der Waals surface area contributed by atoms with Crippen molar-refractivity contribution in [2.24, 2.45) is 5.73 Å². The van der Waals surface area contributed by atoms with Crippen LogP contribution in [0.15, 0.2) is 0 Å². The third-order valence-electron chi connectivity index (χ3n) is 3.32. The van der Waals surface area contributed by atoms with Gasteiger partial charge in [-0.25, -0.2) is 0 Å². The lowest BCUT2D eigenvalue weighted by Gasteiger charge is -2.19. The van der Waals surface area contributed by atoms with E-state index >= 15 is 0 Å². The zero-order valence-electron chi connectivity index (χ0n) is 14.7. The third-order valence-corrected chi connectivity index (χ3v) is 3.32. The van der Waals surface area contributed by atoms with Gasteiger partial charge in [-0.05, 0) is 33.6 Å². The minimum atomic E-state index is -0.487. The highest BCUT2D eigenvalue weighted by Gasteiger charge is 2.15. The number of ether oxygens (including phenoxy) is 2. The minimum absolute atomic E-state index is 0.107. The van der Waals surface area contributed by atoms with Gasteiger partial charge in [0.25, 0.3) is 0 Å². The molecule has 0 aromatic heterocycles. The lowest BCUT2D eigenvalue weighted by molar-refractivity contribution is -0.155. The van der Waals surface area contributed by atoms with Crippen LogP contribution in [0.1, 0.15) is 78.6 Å². The summed E-state index contributed by atoms with van der Waals surface area (Å²) in [5, 5.41) is 0. The Balaban J connectivity index is 3.37. The van der Waals surface area contributed by atoms with Crippen molar-refractivity contribution in [2.45, 2.75) is 90.2 Å². The van der Waals surface area contributed by atoms with Gasteiger partial charge >= 0.3 is 11.9 Å². The van der Waals surface area contributed by atoms with Crippen LogP contribution < -0.4 is 5.73 Å². The van der Waals surface area contributed by atoms with Gasteiger partial charge in [0.1, 0.15) is 11.6 Å². The van der Waals surface area contributed by atoms with E-state index in [1.165, 1.54) is 7.11 Å². The molecule has 0 aliphatic carbocycles. The molecule has 22 heavy (non-hydrogen) atoms. The van der Waals surface area contributed by atoms with Gasteiger partial charge in [-0.1, -0.05) is 38.5 Å². The highest BCUT2D eigenvalue weighted by molar-refractivity contribution is 5.75. The average molecular weight is 315 g/mol. The Morgan fingerprint density at radius 1 is 0.955 bits per heavy atom. The highest BCUT2D eigenvalue weighted by atomic mass is 16.6. The van der Waals surface area contributed by atoms with Crippen molar-refractivity contribution in [2.75, 3.05) is 7.11 Å². The maximum Gasteiger partial charge on any atom is 0.322 e. The number of methoxy groups -OCH3 is 1. The van der Waals surface area contributed by atoms with Crippen LogP contribution in [0.2, 0.25) is 0 Å². The van der Waals surface area contributed by atoms with Crippen molar-refractivity contribution in [1.29, 1.82) is 0 Å². The number of rotatable bonds is 11. The first-order valence-corrected chi connectivity index (χ1v) is 8.31. The second-order valence-corrected chi connectivity index (χ2v) is 6.73. The van der Waals surface area contributed by atoms with Crippen LogP contribution in [-0.2, 0) is 19.1 Å². The van der Waals surface area contributed by atoms with Crippen molar-refractivity contribution >= 4 is 11.9 Å². The molecule has 0 aromatic carbocycles. The quantitative estimate of drug-likeness (QED) is 0.467. The molecule has 0 bridgehead atoms. The molecule has 0 aliphatic rings. The summed E-state index contributed by atoms with van der Waals surface area (Å²) in [7, 11) is 1.36. The molecule has 0 aliphatic heterocycles. The summed E-state index contributed by atoms with van der Waals surface area (Å²) < 4.78 is 9.84. The summed E-state index contributed by atoms with van der Waals surface area (Å²) in [6.45, 7) is 5.66. The van der Waals surface area contributed by atoms with E-state index in [9.17, 15) is 9.59 Å². The first-order chi connectivity index (χ1) is 10.3. The molecule has 5 heteroatoms. The van der Waals surface area contributed by atoms with E-state index in [4.69, 9.17) is 10.5 Å². The summed E-state index contributed by atoms with van der Waals surface area (Å²) in [6, 6.07) is -0.487. The Morgan fingerprint density at radius 3 is 1.95 bits per heavy atom. The topological polar surface area (TPSA) is 78.6 Å². The van der Waals surface area contributed by atoms with Crippen LogP contribution in [0.5, 0.6) is 0 Å². The molecule has 0 saturated heterocycles. The molecular weight excluding hydrogens is 282 g/mol. The van der Waals surface area contributed by atoms with Gasteiger partial charge in [0.2, 0.25) is 0 Å². The molecule has 2 N–H and O–H groups in total. The summed E-state index contributed by atoms with van der Waals surface area (Å²) in [4.78, 5) is 22.6. The van der Waals surface area contributed by atoms with E-state index in [0.29, 0.717) is 12.8 Å². The van der Waals surface area contributed by atoms with Gasteiger partial charge in [0.15, 0.2) is 0 Å². The number of hydrogen-bond acceptors (Lipinski definition) is 5. The standard InChI is InChI=1S/C17H33NO4/c1-17(2,3)22-15(19)13-11-9-7-5-6-8-10-12-14(18)16(20)21-4/h14H,5-13,18H2,1-4H3/t14-/m0/s1. The third kappa shape index (κ3) is 12.6. The molecule has 0 aromatic rings. The molecule has 0 radical (unpaired) electrons. The predicted molar refractivity (Wildman–Crippen MR) is 87.4 cm³/mol. The smallest absolute Gasteiger partial charge is 0.322 e. The van der Waals surface area contributed by atoms with Crippen molar-refractivity contribution in [3.63, 3.8) is 0 Å². The summed E-state index contributed by atoms with van der Waals surface area (Å²) in [5.41, 5.74) is 5.28. The lowest BCUT2D eigenvalue weighted by atomic mass is 10.0. The molecule has 0 heterocycles. The number of nitrogens with two attached hydrogens (primary N) is 1. The van der Waals surface area contributed by atoms with Crippen LogP contribution in [0, 0.1) is 0 Å². The second-order valence-electron chi connectivity index (χ2n) is 6.73. The van der Waals surface area contributed by atoms with E-state index in [1.807, 2.05) is 20.8 Å². The van der Waals surface area contributed by atoms with Gasteiger partial charge in [-0.15, -0.1) is 0 Å². The highest BCUT2D eigenvalue weighted by Crippen LogP contribution is 2.13. The second kappa shape index (κ2) is 11.5. The molecule has 5 nitrogen and oxygen atoms in total. The molecule has 0 saturated carbocycles. The molecule has 0 amide bonds. The fourth-order valence-electron chi connectivity index (χ4n) is 2.18. The normalized spacial score (nSPS) is 12.8. The molecule has 1 atom stereocenters. The van der Waals surface area contributed by atoms with Crippen LogP contribution in [0.4, 0.5) is 0 Å². The SMILES string of the molecule is COC(=O)[C@@H](N)CCCCCCCCCC(=O)OC(C)(C)C. The Labute approximate surface area is 134 Å². The van der Waals surface area contributed by atoms with Crippen LogP contribution in [-0.4, -0.2) is 30.7 Å². The zero-order chi connectivity index (χ0) is 17.0. The van der Waals surface area contributed by atoms with Crippen LogP contribution in [0.25, 0.3) is 0 Å². The Hall–Kier alpha value is -1.10. The molecular formula is C17H33NO4. The van der Waals surface area contributed by atoms with Crippen molar-refractivity contribution < 1.29 is 19.1 Å². The maximum absolute atomic E-state index is 11.5. The maximum atomic E-state index is 11.5. The van der Waals surface area contributed by atoms with Gasteiger partial charge in [0, 0.05) is 6.42 Å². The van der Waals surface area contributed by atoms with Gasteiger partial charge in [-0.2, -0.15) is 0 Å². The molecule has 0 rings (SSSR count). The fraction of sp³-hybridized carbons (Fsp3) is 0.882. The minimum Gasteiger partial charge on any atom is -0.468 e. The van der Waals surface area contributed by atoms with Gasteiger partial charge in [0.05, 0.1) is 7.11 Å². The van der Waals surface area contributed by atoms with E-state index in [2.05, 4.69) is 4.74 Å². The monoisotopic (exact) mass is 315 g/mol. The number of hydrogen-bond donors (Lipinski definition) is 1. The molecule has 130 valence electrons. The average Bonchev–Trinajstić information content (AvgIpc) is 2.42. The number of esters is 2. The van der Waals surface area contributed by atoms with E-state index in [1.54, 1.807) is 0 Å². The lowest BCUT2D eigenvalue weighted by Crippen LogP contribution is -2.31. The first-order valence-electron chi connectivity index (χ1n) is 8.31. The summed E-state index contributed by atoms with van der Waals surface area (Å²) >= 11 is 0. The number of unbranched alkanes of at least 4 members (excludes halogenated alkanes) is 6. The van der Waals surface area contributed by atoms with Crippen molar-refractivity contribution in [1.82, 2.24) is 0 Å². The number of carbonyl (C=O) groups excluding carboxylic acids is 2. The molecule has 0 spiro atoms. The summed E-state index contributed by atoms with van der Waals surface area (Å²) in [5.74, 6) is -0.438. The van der Waals surface area contributed by atoms with Crippen LogP contribution in [0.3, 0.4) is 0 Å². The molecule has 0 unspecified atom stereocenters. The largest absolute Gasteiger partial charge is 0.468 e. The van der Waals surface area contributed by atoms with Gasteiger partial charge in [-0.3, -0.25) is 9.59 Å². The first kappa shape index (κ1) is 20.9. The van der Waals surface area contributed by atoms with Crippen molar-refractivity contribution in [3.8, 4) is 0 Å². The Kier molecular flexibility index (Phi) is 10.9. The van der Waals surface area contributed by atoms with Crippen molar-refractivity contribution in [3.05, 3.63) is 0 Å². The van der Waals surface area contributed by atoms with E-state index in [0.717, 1.165) is 44.9 Å². The predicted octanol–water partition coefficient (Wildman–Crippen LogP) is 3.34. The Bertz CT molecular complexity index is 323. The van der Waals surface area contributed by atoms with E-state index < -0.39 is 6.04 Å². The summed E-state index contributed by atoms with van der Waals surface area (Å²) in [6.07, 6.45) is 8.60.